The van der Waals surface area contributed by atoms with Gasteiger partial charge in [0.1, 0.15) is 5.75 Å². The number of aryl methyl sites for hydroxylation is 2. The van der Waals surface area contributed by atoms with E-state index in [0.717, 1.165) is 67.5 Å². The number of aliphatic hydroxyl groups is 1. The average molecular weight is 535 g/mol. The van der Waals surface area contributed by atoms with Crippen LogP contribution in [0, 0.1) is 19.3 Å². The number of piperidine rings is 2. The Bertz CT molecular complexity index is 936. The van der Waals surface area contributed by atoms with Crippen molar-refractivity contribution < 1.29 is 19.4 Å². The summed E-state index contributed by atoms with van der Waals surface area (Å²) in [5.41, 5.74) is 1.47. The molecular formula is C28H43ClN4O4. The molecule has 0 radical (unpaired) electrons. The number of likely N-dealkylation sites (N-methyl/N-ethyl adjacent to an activating group) is 1. The van der Waals surface area contributed by atoms with Gasteiger partial charge >= 0.3 is 0 Å². The SMILES string of the molecule is Cc1cc(OC[C@]2(CC(=O)N3CCC(O)CC3)CCCN(C(=O)CN3CCN(C)CC3)C2)cc(C)c1Cl. The molecule has 2 amide bonds. The molecule has 4 rings (SSSR count). The first kappa shape index (κ1) is 28.1. The lowest BCUT2D eigenvalue weighted by Crippen LogP contribution is -2.54. The van der Waals surface area contributed by atoms with E-state index in [1.54, 1.807) is 0 Å². The quantitative estimate of drug-likeness (QED) is 0.579. The van der Waals surface area contributed by atoms with Crippen LogP contribution in [0.25, 0.3) is 0 Å². The Morgan fingerprint density at radius 2 is 1.65 bits per heavy atom. The van der Waals surface area contributed by atoms with Crippen LogP contribution in [0.5, 0.6) is 5.75 Å². The van der Waals surface area contributed by atoms with Gasteiger partial charge in [0.2, 0.25) is 11.8 Å². The first-order valence-electron chi connectivity index (χ1n) is 13.7. The topological polar surface area (TPSA) is 76.6 Å². The van der Waals surface area contributed by atoms with Gasteiger partial charge in [-0.3, -0.25) is 14.5 Å². The zero-order chi connectivity index (χ0) is 26.6. The summed E-state index contributed by atoms with van der Waals surface area (Å²) < 4.78 is 6.34. The van der Waals surface area contributed by atoms with Gasteiger partial charge in [0.15, 0.2) is 0 Å². The summed E-state index contributed by atoms with van der Waals surface area (Å²) in [5.74, 6) is 0.973. The second kappa shape index (κ2) is 12.3. The minimum atomic E-state index is -0.454. The minimum Gasteiger partial charge on any atom is -0.493 e. The standard InChI is InChI=1S/C28H43ClN4O4/c1-21-15-24(16-22(2)27(21)29)37-20-28(17-25(35)32-9-5-23(34)6-10-32)7-4-8-33(19-28)26(36)18-31-13-11-30(3)12-14-31/h15-16,23,34H,4-14,17-20H2,1-3H3/t28-/m0/s1. The molecule has 3 saturated heterocycles. The highest BCUT2D eigenvalue weighted by atomic mass is 35.5. The van der Waals surface area contributed by atoms with E-state index in [9.17, 15) is 14.7 Å². The number of rotatable bonds is 7. The normalized spacial score (nSPS) is 24.4. The van der Waals surface area contributed by atoms with E-state index in [1.807, 2.05) is 35.8 Å². The molecule has 8 nitrogen and oxygen atoms in total. The number of likely N-dealkylation sites (tertiary alicyclic amines) is 2. The first-order valence-corrected chi connectivity index (χ1v) is 14.1. The van der Waals surface area contributed by atoms with Crippen molar-refractivity contribution in [3.8, 4) is 5.75 Å². The number of carbonyl (C=O) groups is 2. The Labute approximate surface area is 226 Å². The van der Waals surface area contributed by atoms with Crippen LogP contribution >= 0.6 is 11.6 Å². The lowest BCUT2D eigenvalue weighted by Gasteiger charge is -2.44. The fourth-order valence-corrected chi connectivity index (χ4v) is 5.91. The molecule has 3 aliphatic rings. The molecule has 0 spiro atoms. The van der Waals surface area contributed by atoms with Crippen LogP contribution in [0.3, 0.4) is 0 Å². The van der Waals surface area contributed by atoms with Gasteiger partial charge in [0.05, 0.1) is 19.3 Å². The highest BCUT2D eigenvalue weighted by Gasteiger charge is 2.41. The van der Waals surface area contributed by atoms with Crippen LogP contribution in [0.15, 0.2) is 12.1 Å². The zero-order valence-corrected chi connectivity index (χ0v) is 23.4. The third-order valence-corrected chi connectivity index (χ3v) is 8.86. The Kier molecular flexibility index (Phi) is 9.38. The van der Waals surface area contributed by atoms with Gasteiger partial charge in [-0.1, -0.05) is 11.6 Å². The molecule has 0 saturated carbocycles. The summed E-state index contributed by atoms with van der Waals surface area (Å²) in [7, 11) is 2.11. The maximum Gasteiger partial charge on any atom is 0.236 e. The number of hydrogen-bond acceptors (Lipinski definition) is 6. The van der Waals surface area contributed by atoms with Crippen LogP contribution in [-0.2, 0) is 9.59 Å². The molecule has 3 heterocycles. The number of nitrogens with zero attached hydrogens (tertiary/aromatic N) is 4. The molecular weight excluding hydrogens is 492 g/mol. The lowest BCUT2D eigenvalue weighted by molar-refractivity contribution is -0.143. The van der Waals surface area contributed by atoms with E-state index in [4.69, 9.17) is 16.3 Å². The number of aliphatic hydroxyl groups excluding tert-OH is 1. The Balaban J connectivity index is 1.47. The number of benzene rings is 1. The average Bonchev–Trinajstić information content (AvgIpc) is 2.88. The maximum absolute atomic E-state index is 13.4. The number of amides is 2. The van der Waals surface area contributed by atoms with Gasteiger partial charge in [-0.05, 0) is 69.8 Å². The Morgan fingerprint density at radius 3 is 2.30 bits per heavy atom. The number of piperazine rings is 1. The summed E-state index contributed by atoms with van der Waals surface area (Å²) in [6.07, 6.45) is 2.94. The van der Waals surface area contributed by atoms with E-state index in [2.05, 4.69) is 16.8 Å². The molecule has 3 fully saturated rings. The highest BCUT2D eigenvalue weighted by molar-refractivity contribution is 6.32. The van der Waals surface area contributed by atoms with Crippen LogP contribution in [0.4, 0.5) is 0 Å². The van der Waals surface area contributed by atoms with Crippen molar-refractivity contribution in [3.63, 3.8) is 0 Å². The van der Waals surface area contributed by atoms with E-state index in [-0.39, 0.29) is 17.9 Å². The molecule has 0 bridgehead atoms. The third kappa shape index (κ3) is 7.37. The summed E-state index contributed by atoms with van der Waals surface area (Å²) >= 11 is 6.36. The van der Waals surface area contributed by atoms with Crippen LogP contribution in [0.1, 0.15) is 43.2 Å². The minimum absolute atomic E-state index is 0.0901. The van der Waals surface area contributed by atoms with Crippen molar-refractivity contribution in [2.75, 3.05) is 72.6 Å². The lowest BCUT2D eigenvalue weighted by atomic mass is 9.77. The molecule has 206 valence electrons. The predicted octanol–water partition coefficient (Wildman–Crippen LogP) is 2.57. The Morgan fingerprint density at radius 1 is 1.00 bits per heavy atom. The molecule has 3 aliphatic heterocycles. The zero-order valence-electron chi connectivity index (χ0n) is 22.7. The summed E-state index contributed by atoms with van der Waals surface area (Å²) in [6.45, 7) is 10.9. The van der Waals surface area contributed by atoms with Gasteiger partial charge in [0, 0.05) is 69.2 Å². The maximum atomic E-state index is 13.4. The summed E-state index contributed by atoms with van der Waals surface area (Å²) in [6, 6.07) is 3.88. The fraction of sp³-hybridized carbons (Fsp3) is 0.714. The van der Waals surface area contributed by atoms with Crippen molar-refractivity contribution in [1.82, 2.24) is 19.6 Å². The molecule has 37 heavy (non-hydrogen) atoms. The van der Waals surface area contributed by atoms with Crippen molar-refractivity contribution >= 4 is 23.4 Å². The van der Waals surface area contributed by atoms with Crippen molar-refractivity contribution in [1.29, 1.82) is 0 Å². The van der Waals surface area contributed by atoms with Gasteiger partial charge in [-0.25, -0.2) is 0 Å². The smallest absolute Gasteiger partial charge is 0.236 e. The summed E-state index contributed by atoms with van der Waals surface area (Å²) in [4.78, 5) is 35.1. The molecule has 0 aliphatic carbocycles. The van der Waals surface area contributed by atoms with Gasteiger partial charge in [-0.15, -0.1) is 0 Å². The molecule has 0 unspecified atom stereocenters. The molecule has 1 aromatic carbocycles. The molecule has 1 aromatic rings. The second-order valence-corrected chi connectivity index (χ2v) is 11.8. The predicted molar refractivity (Wildman–Crippen MR) is 145 cm³/mol. The fourth-order valence-electron chi connectivity index (χ4n) is 5.80. The first-order chi connectivity index (χ1) is 17.6. The third-order valence-electron chi connectivity index (χ3n) is 8.27. The second-order valence-electron chi connectivity index (χ2n) is 11.4. The number of halogens is 1. The summed E-state index contributed by atoms with van der Waals surface area (Å²) in [5, 5.41) is 10.6. The number of ether oxygens (including phenoxy) is 1. The Hall–Kier alpha value is -1.87. The van der Waals surface area contributed by atoms with E-state index in [1.165, 1.54) is 0 Å². The van der Waals surface area contributed by atoms with Gasteiger partial charge < -0.3 is 24.5 Å². The van der Waals surface area contributed by atoms with Gasteiger partial charge in [-0.2, -0.15) is 0 Å². The number of carbonyl (C=O) groups excluding carboxylic acids is 2. The van der Waals surface area contributed by atoms with Crippen LogP contribution < -0.4 is 4.74 Å². The van der Waals surface area contributed by atoms with E-state index >= 15 is 0 Å². The van der Waals surface area contributed by atoms with E-state index < -0.39 is 5.41 Å². The molecule has 9 heteroatoms. The molecule has 1 atom stereocenters. The molecule has 1 N–H and O–H groups in total. The number of hydrogen-bond donors (Lipinski definition) is 1. The van der Waals surface area contributed by atoms with Crippen LogP contribution in [-0.4, -0.2) is 115 Å². The van der Waals surface area contributed by atoms with Crippen LogP contribution in [0.2, 0.25) is 5.02 Å². The van der Waals surface area contributed by atoms with Gasteiger partial charge in [0.25, 0.3) is 0 Å². The van der Waals surface area contributed by atoms with E-state index in [0.29, 0.717) is 52.0 Å². The molecule has 0 aromatic heterocycles. The van der Waals surface area contributed by atoms with Crippen molar-refractivity contribution in [2.45, 2.75) is 52.1 Å². The largest absolute Gasteiger partial charge is 0.493 e. The van der Waals surface area contributed by atoms with Crippen molar-refractivity contribution in [3.05, 3.63) is 28.3 Å². The highest BCUT2D eigenvalue weighted by Crippen LogP contribution is 2.36. The van der Waals surface area contributed by atoms with Crippen molar-refractivity contribution in [2.24, 2.45) is 5.41 Å². The monoisotopic (exact) mass is 534 g/mol.